The lowest BCUT2D eigenvalue weighted by atomic mass is 10.2. The fraction of sp³-hybridized carbons (Fsp3) is 0.571. The van der Waals surface area contributed by atoms with Crippen molar-refractivity contribution in [2.45, 2.75) is 30.2 Å². The number of para-hydroxylation sites is 1. The Bertz CT molecular complexity index is 635. The Labute approximate surface area is 124 Å². The number of halogens is 1. The lowest BCUT2D eigenvalue weighted by Gasteiger charge is -2.25. The van der Waals surface area contributed by atoms with E-state index in [9.17, 15) is 12.8 Å². The first-order chi connectivity index (χ1) is 10.00. The molecule has 0 spiro atoms. The van der Waals surface area contributed by atoms with Gasteiger partial charge in [-0.1, -0.05) is 6.07 Å². The number of anilines is 1. The summed E-state index contributed by atoms with van der Waals surface area (Å²) in [6, 6.07) is 4.22. The van der Waals surface area contributed by atoms with Gasteiger partial charge in [-0.15, -0.1) is 0 Å². The summed E-state index contributed by atoms with van der Waals surface area (Å²) in [5.41, 5.74) is 5.34. The molecule has 5 nitrogen and oxygen atoms in total. The maximum absolute atomic E-state index is 13.6. The fourth-order valence-corrected chi connectivity index (χ4v) is 4.91. The average Bonchev–Trinajstić information content (AvgIpc) is 2.78. The van der Waals surface area contributed by atoms with Gasteiger partial charge in [-0.2, -0.15) is 4.31 Å². The predicted molar refractivity (Wildman–Crippen MR) is 78.8 cm³/mol. The highest BCUT2D eigenvalue weighted by atomic mass is 32.2. The molecule has 1 aromatic rings. The third-order valence-electron chi connectivity index (χ3n) is 4.40. The second kappa shape index (κ2) is 5.55. The minimum Gasteiger partial charge on any atom is -0.395 e. The van der Waals surface area contributed by atoms with Crippen LogP contribution in [0.3, 0.4) is 0 Å². The van der Waals surface area contributed by atoms with Crippen molar-refractivity contribution in [3.8, 4) is 0 Å². The van der Waals surface area contributed by atoms with Crippen molar-refractivity contribution >= 4 is 15.7 Å². The summed E-state index contributed by atoms with van der Waals surface area (Å²) in [4.78, 5) is 2.23. The quantitative estimate of drug-likeness (QED) is 0.835. The normalized spacial score (nSPS) is 24.7. The molecule has 2 heterocycles. The van der Waals surface area contributed by atoms with Gasteiger partial charge in [0.1, 0.15) is 10.7 Å². The first kappa shape index (κ1) is 14.7. The number of sulfonamides is 1. The highest BCUT2D eigenvalue weighted by molar-refractivity contribution is 7.89. The van der Waals surface area contributed by atoms with Crippen molar-refractivity contribution in [3.63, 3.8) is 0 Å². The fourth-order valence-electron chi connectivity index (χ4n) is 3.27. The molecule has 2 N–H and O–H groups in total. The van der Waals surface area contributed by atoms with E-state index in [1.165, 1.54) is 22.5 Å². The molecule has 1 aromatic carbocycles. The Morgan fingerprint density at radius 3 is 2.76 bits per heavy atom. The van der Waals surface area contributed by atoms with Crippen molar-refractivity contribution in [1.82, 2.24) is 9.21 Å². The summed E-state index contributed by atoms with van der Waals surface area (Å²) in [7, 11) is -3.74. The van der Waals surface area contributed by atoms with E-state index in [1.807, 2.05) is 0 Å². The third-order valence-corrected chi connectivity index (χ3v) is 6.32. The topological polar surface area (TPSA) is 66.6 Å². The van der Waals surface area contributed by atoms with Crippen LogP contribution in [0.2, 0.25) is 0 Å². The van der Waals surface area contributed by atoms with Gasteiger partial charge in [0.25, 0.3) is 0 Å². The maximum Gasteiger partial charge on any atom is 0.245 e. The molecule has 0 bridgehead atoms. The Morgan fingerprint density at radius 1 is 1.19 bits per heavy atom. The van der Waals surface area contributed by atoms with E-state index in [4.69, 9.17) is 5.73 Å². The molecule has 1 atom stereocenters. The van der Waals surface area contributed by atoms with Crippen molar-refractivity contribution in [3.05, 3.63) is 24.0 Å². The van der Waals surface area contributed by atoms with E-state index in [-0.39, 0.29) is 16.6 Å². The van der Waals surface area contributed by atoms with Crippen LogP contribution in [0.15, 0.2) is 23.1 Å². The predicted octanol–water partition coefficient (Wildman–Crippen LogP) is 1.27. The van der Waals surface area contributed by atoms with E-state index >= 15 is 0 Å². The molecule has 2 aliphatic rings. The van der Waals surface area contributed by atoms with E-state index in [1.54, 1.807) is 0 Å². The molecule has 116 valence electrons. The van der Waals surface area contributed by atoms with Crippen molar-refractivity contribution < 1.29 is 12.8 Å². The summed E-state index contributed by atoms with van der Waals surface area (Å²) in [6.45, 7) is 2.90. The van der Waals surface area contributed by atoms with Crippen molar-refractivity contribution in [1.29, 1.82) is 0 Å². The van der Waals surface area contributed by atoms with Gasteiger partial charge in [-0.05, 0) is 44.5 Å². The molecule has 2 fully saturated rings. The lowest BCUT2D eigenvalue weighted by molar-refractivity contribution is 0.257. The van der Waals surface area contributed by atoms with Crippen molar-refractivity contribution in [2.75, 3.05) is 31.9 Å². The van der Waals surface area contributed by atoms with Gasteiger partial charge in [0.15, 0.2) is 0 Å². The Morgan fingerprint density at radius 2 is 1.95 bits per heavy atom. The number of nitrogen functional groups attached to an aromatic ring is 1. The molecule has 3 rings (SSSR count). The molecule has 7 heteroatoms. The van der Waals surface area contributed by atoms with Crippen LogP contribution < -0.4 is 5.73 Å². The molecule has 0 amide bonds. The van der Waals surface area contributed by atoms with E-state index in [0.29, 0.717) is 13.1 Å². The zero-order valence-electron chi connectivity index (χ0n) is 11.8. The largest absolute Gasteiger partial charge is 0.395 e. The minimum absolute atomic E-state index is 0.117. The summed E-state index contributed by atoms with van der Waals surface area (Å²) >= 11 is 0. The summed E-state index contributed by atoms with van der Waals surface area (Å²) in [5, 5.41) is 0. The smallest absolute Gasteiger partial charge is 0.245 e. The number of fused-ring (bicyclic) bond motifs is 1. The lowest BCUT2D eigenvalue weighted by Crippen LogP contribution is -2.39. The van der Waals surface area contributed by atoms with Crippen LogP contribution in [-0.2, 0) is 10.0 Å². The highest BCUT2D eigenvalue weighted by Crippen LogP contribution is 2.28. The second-order valence-electron chi connectivity index (χ2n) is 5.70. The zero-order valence-corrected chi connectivity index (χ0v) is 12.7. The molecule has 2 aliphatic heterocycles. The monoisotopic (exact) mass is 313 g/mol. The van der Waals surface area contributed by atoms with E-state index in [0.717, 1.165) is 32.4 Å². The molecule has 0 saturated carbocycles. The van der Waals surface area contributed by atoms with E-state index in [2.05, 4.69) is 4.90 Å². The van der Waals surface area contributed by atoms with Crippen molar-refractivity contribution in [2.24, 2.45) is 0 Å². The molecule has 0 aromatic heterocycles. The van der Waals surface area contributed by atoms with Gasteiger partial charge in [0.05, 0.1) is 5.69 Å². The van der Waals surface area contributed by atoms with Gasteiger partial charge in [0, 0.05) is 19.1 Å². The van der Waals surface area contributed by atoms with Crippen LogP contribution in [0.5, 0.6) is 0 Å². The SMILES string of the molecule is Nc1c(F)cccc1S(=O)(=O)N1CCCN2CCCC2C1. The second-order valence-corrected chi connectivity index (χ2v) is 7.61. The number of benzene rings is 1. The Kier molecular flexibility index (Phi) is 3.90. The molecule has 2 saturated heterocycles. The first-order valence-corrected chi connectivity index (χ1v) is 8.72. The average molecular weight is 313 g/mol. The maximum atomic E-state index is 13.6. The van der Waals surface area contributed by atoms with Crippen LogP contribution in [0, 0.1) is 5.82 Å². The first-order valence-electron chi connectivity index (χ1n) is 7.28. The number of hydrogen-bond acceptors (Lipinski definition) is 4. The molecule has 21 heavy (non-hydrogen) atoms. The number of nitrogens with two attached hydrogens (primary N) is 1. The Hall–Kier alpha value is -1.18. The molecular formula is C14H20FN3O2S. The zero-order chi connectivity index (χ0) is 15.0. The van der Waals surface area contributed by atoms with Crippen LogP contribution in [0.4, 0.5) is 10.1 Å². The van der Waals surface area contributed by atoms with Gasteiger partial charge < -0.3 is 5.73 Å². The number of rotatable bonds is 2. The summed E-state index contributed by atoms with van der Waals surface area (Å²) in [6.07, 6.45) is 2.93. The standard InChI is InChI=1S/C14H20FN3O2S/c15-12-5-1-6-13(14(12)16)21(19,20)18-9-3-8-17-7-2-4-11(17)10-18/h1,5-6,11H,2-4,7-10,16H2. The van der Waals surface area contributed by atoms with Crippen LogP contribution >= 0.6 is 0 Å². The van der Waals surface area contributed by atoms with Crippen LogP contribution in [0.1, 0.15) is 19.3 Å². The third kappa shape index (κ3) is 2.65. The van der Waals surface area contributed by atoms with Crippen LogP contribution in [-0.4, -0.2) is 49.8 Å². The molecule has 0 aliphatic carbocycles. The number of hydrogen-bond donors (Lipinski definition) is 1. The van der Waals surface area contributed by atoms with Crippen LogP contribution in [0.25, 0.3) is 0 Å². The van der Waals surface area contributed by atoms with Gasteiger partial charge in [-0.25, -0.2) is 12.8 Å². The van der Waals surface area contributed by atoms with Gasteiger partial charge in [0.2, 0.25) is 10.0 Å². The van der Waals surface area contributed by atoms with Gasteiger partial charge >= 0.3 is 0 Å². The Balaban J connectivity index is 1.92. The molecule has 1 unspecified atom stereocenters. The van der Waals surface area contributed by atoms with Gasteiger partial charge in [-0.3, -0.25) is 4.90 Å². The van der Waals surface area contributed by atoms with E-state index < -0.39 is 15.8 Å². The number of nitrogens with zero attached hydrogens (tertiary/aromatic N) is 2. The summed E-state index contributed by atoms with van der Waals surface area (Å²) in [5.74, 6) is -0.687. The summed E-state index contributed by atoms with van der Waals surface area (Å²) < 4.78 is 40.5. The molecular weight excluding hydrogens is 293 g/mol. The highest BCUT2D eigenvalue weighted by Gasteiger charge is 2.35. The molecule has 0 radical (unpaired) electrons. The minimum atomic E-state index is -3.74.